The van der Waals surface area contributed by atoms with Crippen molar-refractivity contribution >= 4 is 6.03 Å². The summed E-state index contributed by atoms with van der Waals surface area (Å²) in [5.41, 5.74) is 0. The summed E-state index contributed by atoms with van der Waals surface area (Å²) in [5, 5.41) is 0. The number of hydrogen-bond donors (Lipinski definition) is 0. The van der Waals surface area contributed by atoms with Crippen LogP contribution in [-0.2, 0) is 9.47 Å². The zero-order chi connectivity index (χ0) is 15.0. The summed E-state index contributed by atoms with van der Waals surface area (Å²) in [4.78, 5) is 16.2. The molecule has 2 unspecified atom stereocenters. The van der Waals surface area contributed by atoms with Gasteiger partial charge in [0.15, 0.2) is 0 Å². The maximum atomic E-state index is 12.5. The maximum Gasteiger partial charge on any atom is 0.324 e. The van der Waals surface area contributed by atoms with E-state index in [1.807, 2.05) is 9.80 Å². The molecule has 0 aromatic rings. The Labute approximate surface area is 123 Å². The van der Waals surface area contributed by atoms with Gasteiger partial charge < -0.3 is 9.47 Å². The number of amides is 2. The molecule has 1 heterocycles. The van der Waals surface area contributed by atoms with Crippen LogP contribution in [-0.4, -0.2) is 54.6 Å². The maximum absolute atomic E-state index is 12.5. The summed E-state index contributed by atoms with van der Waals surface area (Å²) in [5.74, 6) is 0. The molecule has 0 aliphatic carbocycles. The highest BCUT2D eigenvalue weighted by molar-refractivity contribution is 5.77. The van der Waals surface area contributed by atoms with Crippen molar-refractivity contribution in [1.82, 2.24) is 9.80 Å². The minimum absolute atomic E-state index is 0.0518. The molecule has 1 saturated heterocycles. The van der Waals surface area contributed by atoms with Crippen molar-refractivity contribution in [3.8, 4) is 0 Å². The largest absolute Gasteiger partial charge is 0.361 e. The highest BCUT2D eigenvalue weighted by atomic mass is 16.5. The second-order valence-corrected chi connectivity index (χ2v) is 5.25. The van der Waals surface area contributed by atoms with Crippen LogP contribution >= 0.6 is 0 Å². The molecular formula is C15H30N2O3. The summed E-state index contributed by atoms with van der Waals surface area (Å²) in [6, 6.07) is 0.514. The van der Waals surface area contributed by atoms with Crippen LogP contribution in [0.2, 0.25) is 0 Å². The molecule has 1 aliphatic heterocycles. The summed E-state index contributed by atoms with van der Waals surface area (Å²) in [7, 11) is 0. The van der Waals surface area contributed by atoms with E-state index >= 15 is 0 Å². The number of ether oxygens (including phenoxy) is 2. The number of urea groups is 1. The average molecular weight is 286 g/mol. The smallest absolute Gasteiger partial charge is 0.324 e. The Morgan fingerprint density at radius 1 is 0.850 bits per heavy atom. The first-order valence-corrected chi connectivity index (χ1v) is 7.93. The summed E-state index contributed by atoms with van der Waals surface area (Å²) in [6.45, 7) is 10.6. The zero-order valence-electron chi connectivity index (χ0n) is 13.4. The van der Waals surface area contributed by atoms with Crippen LogP contribution in [0.15, 0.2) is 0 Å². The van der Waals surface area contributed by atoms with Crippen LogP contribution < -0.4 is 0 Å². The lowest BCUT2D eigenvalue weighted by Gasteiger charge is -2.25. The fourth-order valence-corrected chi connectivity index (χ4v) is 2.77. The first kappa shape index (κ1) is 17.2. The fraction of sp³-hybridized carbons (Fsp3) is 0.933. The Morgan fingerprint density at radius 2 is 1.25 bits per heavy atom. The Morgan fingerprint density at radius 3 is 1.55 bits per heavy atom. The van der Waals surface area contributed by atoms with Gasteiger partial charge in [-0.15, -0.1) is 0 Å². The lowest BCUT2D eigenvalue weighted by atomic mass is 10.0. The third-order valence-corrected chi connectivity index (χ3v) is 3.73. The third-order valence-electron chi connectivity index (χ3n) is 3.73. The Kier molecular flexibility index (Phi) is 7.92. The van der Waals surface area contributed by atoms with Gasteiger partial charge >= 0.3 is 6.03 Å². The van der Waals surface area contributed by atoms with Gasteiger partial charge in [0.25, 0.3) is 0 Å². The predicted molar refractivity (Wildman–Crippen MR) is 79.5 cm³/mol. The molecule has 0 aromatic heterocycles. The van der Waals surface area contributed by atoms with E-state index in [2.05, 4.69) is 27.7 Å². The molecule has 0 radical (unpaired) electrons. The molecule has 1 fully saturated rings. The minimum Gasteiger partial charge on any atom is -0.361 e. The number of rotatable bonds is 10. The van der Waals surface area contributed by atoms with Gasteiger partial charge in [-0.05, 0) is 25.7 Å². The summed E-state index contributed by atoms with van der Waals surface area (Å²) >= 11 is 0. The van der Waals surface area contributed by atoms with E-state index in [4.69, 9.17) is 9.47 Å². The molecule has 0 spiro atoms. The summed E-state index contributed by atoms with van der Waals surface area (Å²) < 4.78 is 11.1. The van der Waals surface area contributed by atoms with E-state index in [0.29, 0.717) is 26.7 Å². The zero-order valence-corrected chi connectivity index (χ0v) is 13.4. The van der Waals surface area contributed by atoms with E-state index in [0.717, 1.165) is 25.7 Å². The molecule has 2 amide bonds. The standard InChI is InChI=1S/C15H30N2O3/c1-5-9-19-11-16-13(7-3)14(8-4)17(15(16)18)12-20-10-6-2/h13-14H,5-12H2,1-4H3. The fourth-order valence-electron chi connectivity index (χ4n) is 2.77. The highest BCUT2D eigenvalue weighted by Gasteiger charge is 2.43. The number of carbonyl (C=O) groups excluding carboxylic acids is 1. The molecule has 20 heavy (non-hydrogen) atoms. The summed E-state index contributed by atoms with van der Waals surface area (Å²) in [6.07, 6.45) is 3.84. The quantitative estimate of drug-likeness (QED) is 0.580. The van der Waals surface area contributed by atoms with Crippen LogP contribution in [0.25, 0.3) is 0 Å². The second-order valence-electron chi connectivity index (χ2n) is 5.25. The van der Waals surface area contributed by atoms with E-state index < -0.39 is 0 Å². The van der Waals surface area contributed by atoms with Gasteiger partial charge in [0.1, 0.15) is 13.5 Å². The van der Waals surface area contributed by atoms with E-state index in [9.17, 15) is 4.79 Å². The molecule has 5 nitrogen and oxygen atoms in total. The van der Waals surface area contributed by atoms with Gasteiger partial charge in [0, 0.05) is 13.2 Å². The molecule has 1 aliphatic rings. The molecule has 0 aromatic carbocycles. The van der Waals surface area contributed by atoms with Crippen molar-refractivity contribution in [3.05, 3.63) is 0 Å². The van der Waals surface area contributed by atoms with Gasteiger partial charge in [-0.1, -0.05) is 27.7 Å². The first-order chi connectivity index (χ1) is 9.71. The monoisotopic (exact) mass is 286 g/mol. The predicted octanol–water partition coefficient (Wildman–Crippen LogP) is 3.05. The number of hydrogen-bond acceptors (Lipinski definition) is 3. The molecule has 2 atom stereocenters. The van der Waals surface area contributed by atoms with Crippen molar-refractivity contribution in [2.24, 2.45) is 0 Å². The van der Waals surface area contributed by atoms with Gasteiger partial charge in [0.05, 0.1) is 12.1 Å². The Balaban J connectivity index is 2.67. The van der Waals surface area contributed by atoms with Crippen molar-refractivity contribution < 1.29 is 14.3 Å². The molecule has 0 bridgehead atoms. The first-order valence-electron chi connectivity index (χ1n) is 7.93. The van der Waals surface area contributed by atoms with Gasteiger partial charge in [-0.25, -0.2) is 4.79 Å². The molecular weight excluding hydrogens is 256 g/mol. The second kappa shape index (κ2) is 9.19. The molecule has 1 rings (SSSR count). The van der Waals surface area contributed by atoms with Crippen LogP contribution in [0.5, 0.6) is 0 Å². The Bertz CT molecular complexity index is 260. The van der Waals surface area contributed by atoms with Crippen molar-refractivity contribution in [1.29, 1.82) is 0 Å². The molecule has 0 saturated carbocycles. The van der Waals surface area contributed by atoms with Gasteiger partial charge in [-0.3, -0.25) is 9.80 Å². The number of nitrogens with zero attached hydrogens (tertiary/aromatic N) is 2. The third kappa shape index (κ3) is 4.09. The Hall–Kier alpha value is -0.810. The minimum atomic E-state index is 0.0518. The van der Waals surface area contributed by atoms with Crippen LogP contribution in [0.4, 0.5) is 4.79 Å². The lowest BCUT2D eigenvalue weighted by molar-refractivity contribution is 0.0336. The molecule has 5 heteroatoms. The van der Waals surface area contributed by atoms with Crippen molar-refractivity contribution in [3.63, 3.8) is 0 Å². The van der Waals surface area contributed by atoms with Crippen LogP contribution in [0, 0.1) is 0 Å². The average Bonchev–Trinajstić information content (AvgIpc) is 2.72. The lowest BCUT2D eigenvalue weighted by Crippen LogP contribution is -2.37. The van der Waals surface area contributed by atoms with Crippen LogP contribution in [0.1, 0.15) is 53.4 Å². The van der Waals surface area contributed by atoms with E-state index in [1.54, 1.807) is 0 Å². The normalized spacial score (nSPS) is 22.9. The SMILES string of the molecule is CCCOCN1C(=O)N(COCCC)C(CC)C1CC. The van der Waals surface area contributed by atoms with Gasteiger partial charge in [0.2, 0.25) is 0 Å². The highest BCUT2D eigenvalue weighted by Crippen LogP contribution is 2.27. The topological polar surface area (TPSA) is 42.0 Å². The van der Waals surface area contributed by atoms with Gasteiger partial charge in [-0.2, -0.15) is 0 Å². The van der Waals surface area contributed by atoms with Crippen LogP contribution in [0.3, 0.4) is 0 Å². The van der Waals surface area contributed by atoms with E-state index in [-0.39, 0.29) is 18.1 Å². The van der Waals surface area contributed by atoms with Crippen molar-refractivity contribution in [2.75, 3.05) is 26.7 Å². The number of carbonyl (C=O) groups is 1. The van der Waals surface area contributed by atoms with E-state index in [1.165, 1.54) is 0 Å². The van der Waals surface area contributed by atoms with Crippen molar-refractivity contribution in [2.45, 2.75) is 65.5 Å². The molecule has 0 N–H and O–H groups in total. The molecule has 118 valence electrons.